The number of hydrogen-bond donors (Lipinski definition) is 0. The van der Waals surface area contributed by atoms with Crippen LogP contribution in [0, 0.1) is 17.8 Å². The lowest BCUT2D eigenvalue weighted by Gasteiger charge is -2.44. The van der Waals surface area contributed by atoms with Crippen LogP contribution in [0.25, 0.3) is 22.5 Å². The maximum absolute atomic E-state index is 6.56. The highest BCUT2D eigenvalue weighted by molar-refractivity contribution is 6.28. The van der Waals surface area contributed by atoms with Crippen molar-refractivity contribution in [3.8, 4) is 22.5 Å². The number of hydrogen-bond acceptors (Lipinski definition) is 3. The Labute approximate surface area is 201 Å². The van der Waals surface area contributed by atoms with Gasteiger partial charge in [0.25, 0.3) is 0 Å². The van der Waals surface area contributed by atoms with E-state index in [0.717, 1.165) is 35.0 Å². The van der Waals surface area contributed by atoms with Gasteiger partial charge in [0.15, 0.2) is 5.82 Å². The molecule has 2 atom stereocenters. The fraction of sp³-hybridized carbons (Fsp3) is 0.483. The molecule has 0 radical (unpaired) electrons. The molecule has 4 bridgehead atoms. The van der Waals surface area contributed by atoms with Crippen molar-refractivity contribution in [3.63, 3.8) is 0 Å². The van der Waals surface area contributed by atoms with E-state index in [0.29, 0.717) is 5.28 Å². The van der Waals surface area contributed by atoms with E-state index in [-0.39, 0.29) is 10.8 Å². The summed E-state index contributed by atoms with van der Waals surface area (Å²) in [6.07, 6.45) is 9.20. The number of benzene rings is 2. The molecule has 5 aliphatic rings. The maximum Gasteiger partial charge on any atom is 0.226 e. The average molecular weight is 456 g/mol. The third kappa shape index (κ3) is 2.97. The molecule has 3 aromatic rings. The Kier molecular flexibility index (Phi) is 4.20. The smallest absolute Gasteiger partial charge is 0.212 e. The SMILES string of the molecule is CC1(C)c2ccccc2-c2ccc(-c3nc(Cl)nc(C45CCC6C[C@H](C[C@@H](C6)C4)C5)n3)cc21. The van der Waals surface area contributed by atoms with Gasteiger partial charge >= 0.3 is 0 Å². The second-order valence-electron chi connectivity index (χ2n) is 11.7. The van der Waals surface area contributed by atoms with Crippen LogP contribution in [0.5, 0.6) is 0 Å². The average Bonchev–Trinajstić information content (AvgIpc) is 2.88. The summed E-state index contributed by atoms with van der Waals surface area (Å²) in [4.78, 5) is 14.5. The Morgan fingerprint density at radius 2 is 1.55 bits per heavy atom. The lowest BCUT2D eigenvalue weighted by molar-refractivity contribution is 0.109. The van der Waals surface area contributed by atoms with E-state index in [9.17, 15) is 0 Å². The summed E-state index contributed by atoms with van der Waals surface area (Å²) in [5, 5.41) is 0.339. The van der Waals surface area contributed by atoms with Crippen molar-refractivity contribution in [2.24, 2.45) is 17.8 Å². The second kappa shape index (κ2) is 6.88. The van der Waals surface area contributed by atoms with Crippen LogP contribution < -0.4 is 0 Å². The Bertz CT molecular complexity index is 1270. The number of nitrogens with zero attached hydrogens (tertiary/aromatic N) is 3. The van der Waals surface area contributed by atoms with Gasteiger partial charge < -0.3 is 0 Å². The van der Waals surface area contributed by atoms with Crippen molar-refractivity contribution in [3.05, 3.63) is 64.7 Å². The van der Waals surface area contributed by atoms with Crippen molar-refractivity contribution in [2.75, 3.05) is 0 Å². The molecular formula is C29H30ClN3. The van der Waals surface area contributed by atoms with Crippen LogP contribution >= 0.6 is 11.6 Å². The zero-order valence-electron chi connectivity index (χ0n) is 19.4. The first-order valence-corrected chi connectivity index (χ1v) is 13.0. The largest absolute Gasteiger partial charge is 0.226 e. The third-order valence-corrected chi connectivity index (χ3v) is 9.48. The van der Waals surface area contributed by atoms with Gasteiger partial charge in [-0.3, -0.25) is 0 Å². The van der Waals surface area contributed by atoms with Crippen molar-refractivity contribution in [1.29, 1.82) is 0 Å². The van der Waals surface area contributed by atoms with Gasteiger partial charge in [0, 0.05) is 16.4 Å². The molecule has 1 aromatic heterocycles. The molecule has 0 amide bonds. The minimum absolute atomic E-state index is 0.0425. The monoisotopic (exact) mass is 455 g/mol. The molecule has 33 heavy (non-hydrogen) atoms. The van der Waals surface area contributed by atoms with Crippen LogP contribution in [0.4, 0.5) is 0 Å². The van der Waals surface area contributed by atoms with Crippen LogP contribution in [0.15, 0.2) is 42.5 Å². The van der Waals surface area contributed by atoms with Crippen molar-refractivity contribution < 1.29 is 0 Å². The van der Waals surface area contributed by atoms with Crippen LogP contribution in [-0.4, -0.2) is 15.0 Å². The van der Waals surface area contributed by atoms with Gasteiger partial charge in [0.05, 0.1) is 0 Å². The van der Waals surface area contributed by atoms with Gasteiger partial charge in [0.1, 0.15) is 5.82 Å². The van der Waals surface area contributed by atoms with Crippen molar-refractivity contribution >= 4 is 11.6 Å². The zero-order valence-corrected chi connectivity index (χ0v) is 20.2. The number of halogens is 1. The summed E-state index contributed by atoms with van der Waals surface area (Å²) in [7, 11) is 0. The molecule has 0 unspecified atom stereocenters. The fourth-order valence-electron chi connectivity index (χ4n) is 8.00. The molecule has 0 N–H and O–H groups in total. The predicted molar refractivity (Wildman–Crippen MR) is 132 cm³/mol. The normalized spacial score (nSPS) is 30.7. The number of rotatable bonds is 2. The van der Waals surface area contributed by atoms with Crippen LogP contribution in [0.2, 0.25) is 5.28 Å². The number of fused-ring (bicyclic) bond motifs is 4. The molecule has 4 saturated carbocycles. The van der Waals surface area contributed by atoms with Gasteiger partial charge in [-0.25, -0.2) is 9.97 Å². The van der Waals surface area contributed by atoms with Gasteiger partial charge in [-0.2, -0.15) is 4.98 Å². The number of aromatic nitrogens is 3. The maximum atomic E-state index is 6.56. The van der Waals surface area contributed by atoms with Crippen LogP contribution in [0.1, 0.15) is 75.7 Å². The first-order valence-electron chi connectivity index (χ1n) is 12.6. The third-order valence-electron chi connectivity index (χ3n) is 9.31. The second-order valence-corrected chi connectivity index (χ2v) is 12.1. The van der Waals surface area contributed by atoms with Gasteiger partial charge in [-0.05, 0) is 103 Å². The van der Waals surface area contributed by atoms with E-state index >= 15 is 0 Å². The molecule has 5 aliphatic carbocycles. The van der Waals surface area contributed by atoms with E-state index in [4.69, 9.17) is 21.6 Å². The summed E-state index contributed by atoms with van der Waals surface area (Å²) in [6.45, 7) is 4.62. The summed E-state index contributed by atoms with van der Waals surface area (Å²) < 4.78 is 0. The summed E-state index contributed by atoms with van der Waals surface area (Å²) in [6, 6.07) is 15.4. The van der Waals surface area contributed by atoms with Gasteiger partial charge in [-0.1, -0.05) is 50.2 Å². The van der Waals surface area contributed by atoms with E-state index in [1.165, 1.54) is 67.2 Å². The highest BCUT2D eigenvalue weighted by Gasteiger charge is 2.50. The van der Waals surface area contributed by atoms with E-state index < -0.39 is 0 Å². The Balaban J connectivity index is 1.33. The highest BCUT2D eigenvalue weighted by Crippen LogP contribution is 2.57. The molecular weight excluding hydrogens is 426 g/mol. The Hall–Kier alpha value is -2.26. The Morgan fingerprint density at radius 1 is 0.818 bits per heavy atom. The predicted octanol–water partition coefficient (Wildman–Crippen LogP) is 7.36. The lowest BCUT2D eigenvalue weighted by atomic mass is 9.61. The summed E-state index contributed by atoms with van der Waals surface area (Å²) in [5.41, 5.74) is 6.47. The quantitative estimate of drug-likeness (QED) is 0.405. The van der Waals surface area contributed by atoms with Crippen LogP contribution in [0.3, 0.4) is 0 Å². The van der Waals surface area contributed by atoms with E-state index in [2.05, 4.69) is 61.3 Å². The van der Waals surface area contributed by atoms with Crippen molar-refractivity contribution in [2.45, 2.75) is 69.6 Å². The molecule has 0 spiro atoms. The first-order chi connectivity index (χ1) is 15.9. The fourth-order valence-corrected chi connectivity index (χ4v) is 8.16. The minimum Gasteiger partial charge on any atom is -0.212 e. The van der Waals surface area contributed by atoms with Gasteiger partial charge in [-0.15, -0.1) is 0 Å². The molecule has 1 heterocycles. The molecule has 2 aromatic carbocycles. The van der Waals surface area contributed by atoms with E-state index in [1.54, 1.807) is 0 Å². The minimum atomic E-state index is -0.0425. The standard InChI is InChI=1S/C29H30ClN3/c1-28(2)23-6-4-3-5-21(23)22-8-7-20(14-24(22)28)25-31-26(33-27(30)32-25)29-10-9-17-11-18(15-29)13-19(12-17)16-29/h3-8,14,17-19H,9-13,15-16H2,1-2H3/t17?,18-,19-,29?/m1/s1. The van der Waals surface area contributed by atoms with Gasteiger partial charge in [0.2, 0.25) is 5.28 Å². The highest BCUT2D eigenvalue weighted by atomic mass is 35.5. The molecule has 3 nitrogen and oxygen atoms in total. The summed E-state index contributed by atoms with van der Waals surface area (Å²) >= 11 is 6.56. The first kappa shape index (κ1) is 20.1. The van der Waals surface area contributed by atoms with E-state index in [1.807, 2.05) is 0 Å². The molecule has 8 rings (SSSR count). The van der Waals surface area contributed by atoms with Crippen molar-refractivity contribution in [1.82, 2.24) is 15.0 Å². The van der Waals surface area contributed by atoms with Crippen LogP contribution in [-0.2, 0) is 10.8 Å². The Morgan fingerprint density at radius 3 is 2.36 bits per heavy atom. The topological polar surface area (TPSA) is 38.7 Å². The zero-order chi connectivity index (χ0) is 22.4. The molecule has 4 heteroatoms. The summed E-state index contributed by atoms with van der Waals surface area (Å²) in [5.74, 6) is 4.27. The lowest BCUT2D eigenvalue weighted by Crippen LogP contribution is -2.38. The molecule has 168 valence electrons. The molecule has 0 saturated heterocycles. The molecule has 0 aliphatic heterocycles. The molecule has 4 fully saturated rings.